The van der Waals surface area contributed by atoms with Gasteiger partial charge in [-0.3, -0.25) is 9.69 Å². The number of nitrogens with one attached hydrogen (secondary N) is 1. The Morgan fingerprint density at radius 1 is 1.07 bits per heavy atom. The number of piperazine rings is 1. The molecule has 2 N–H and O–H groups in total. The molecule has 0 unspecified atom stereocenters. The van der Waals surface area contributed by atoms with Crippen LogP contribution < -0.4 is 15.0 Å². The van der Waals surface area contributed by atoms with Crippen molar-refractivity contribution in [3.05, 3.63) is 54.6 Å². The first kappa shape index (κ1) is 19.2. The number of amides is 1. The summed E-state index contributed by atoms with van der Waals surface area (Å²) in [5.74, 6) is 0.573. The summed E-state index contributed by atoms with van der Waals surface area (Å²) in [6.45, 7) is 6.10. The Balaban J connectivity index is 1.38. The molecule has 6 nitrogen and oxygen atoms in total. The molecule has 1 heterocycles. The molecule has 1 atom stereocenters. The maximum Gasteiger partial charge on any atom is 0.221 e. The summed E-state index contributed by atoms with van der Waals surface area (Å²) in [5.41, 5.74) is 1.98. The predicted octanol–water partition coefficient (Wildman–Crippen LogP) is 2.21. The minimum atomic E-state index is -0.539. The number of ether oxygens (including phenoxy) is 1. The van der Waals surface area contributed by atoms with Crippen LogP contribution in [0.25, 0.3) is 0 Å². The van der Waals surface area contributed by atoms with Crippen LogP contribution in [0.4, 0.5) is 11.4 Å². The van der Waals surface area contributed by atoms with Gasteiger partial charge in [0.05, 0.1) is 0 Å². The maximum absolute atomic E-state index is 11.0. The van der Waals surface area contributed by atoms with Gasteiger partial charge in [-0.1, -0.05) is 18.2 Å². The van der Waals surface area contributed by atoms with Crippen molar-refractivity contribution in [1.29, 1.82) is 0 Å². The number of para-hydroxylation sites is 1. The minimum absolute atomic E-state index is 0.105. The van der Waals surface area contributed by atoms with Gasteiger partial charge in [0.1, 0.15) is 18.5 Å². The van der Waals surface area contributed by atoms with Crippen LogP contribution in [0.3, 0.4) is 0 Å². The van der Waals surface area contributed by atoms with Crippen LogP contribution in [0.15, 0.2) is 54.6 Å². The zero-order valence-electron chi connectivity index (χ0n) is 15.7. The largest absolute Gasteiger partial charge is 0.491 e. The molecule has 27 heavy (non-hydrogen) atoms. The number of aliphatic hydroxyl groups is 1. The van der Waals surface area contributed by atoms with Gasteiger partial charge in [0, 0.05) is 51.0 Å². The third kappa shape index (κ3) is 5.98. The zero-order valence-corrected chi connectivity index (χ0v) is 15.7. The molecule has 0 aliphatic carbocycles. The number of carbonyl (C=O) groups is 1. The Morgan fingerprint density at radius 3 is 2.37 bits per heavy atom. The van der Waals surface area contributed by atoms with Crippen LogP contribution in [0.5, 0.6) is 5.75 Å². The SMILES string of the molecule is CC(=O)Nc1ccc(OC[C@@H](O)CN2CCN(c3ccccc3)CC2)cc1. The highest BCUT2D eigenvalue weighted by atomic mass is 16.5. The van der Waals surface area contributed by atoms with E-state index in [1.54, 1.807) is 24.3 Å². The van der Waals surface area contributed by atoms with E-state index in [9.17, 15) is 9.90 Å². The number of benzene rings is 2. The summed E-state index contributed by atoms with van der Waals surface area (Å²) >= 11 is 0. The van der Waals surface area contributed by atoms with Gasteiger partial charge in [-0.05, 0) is 36.4 Å². The van der Waals surface area contributed by atoms with Crippen molar-refractivity contribution >= 4 is 17.3 Å². The normalized spacial score (nSPS) is 16.0. The van der Waals surface area contributed by atoms with Crippen LogP contribution >= 0.6 is 0 Å². The first-order valence-corrected chi connectivity index (χ1v) is 9.31. The van der Waals surface area contributed by atoms with E-state index in [1.807, 2.05) is 6.07 Å². The number of nitrogens with zero attached hydrogens (tertiary/aromatic N) is 2. The number of rotatable bonds is 7. The van der Waals surface area contributed by atoms with E-state index in [0.29, 0.717) is 12.3 Å². The fraction of sp³-hybridized carbons (Fsp3) is 0.381. The van der Waals surface area contributed by atoms with E-state index >= 15 is 0 Å². The number of β-amino-alcohol motifs (C(OH)–C–C–N with tert-alkyl or cyclic N) is 1. The molecule has 0 saturated carbocycles. The Kier molecular flexibility index (Phi) is 6.68. The average molecular weight is 369 g/mol. The second-order valence-corrected chi connectivity index (χ2v) is 6.79. The van der Waals surface area contributed by atoms with Crippen molar-refractivity contribution in [3.63, 3.8) is 0 Å². The summed E-state index contributed by atoms with van der Waals surface area (Å²) in [4.78, 5) is 15.7. The van der Waals surface area contributed by atoms with Gasteiger partial charge in [-0.15, -0.1) is 0 Å². The topological polar surface area (TPSA) is 65.0 Å². The van der Waals surface area contributed by atoms with Crippen molar-refractivity contribution in [1.82, 2.24) is 4.90 Å². The highest BCUT2D eigenvalue weighted by molar-refractivity contribution is 5.88. The summed E-state index contributed by atoms with van der Waals surface area (Å²) < 4.78 is 5.66. The number of anilines is 2. The third-order valence-corrected chi connectivity index (χ3v) is 4.58. The Morgan fingerprint density at radius 2 is 1.74 bits per heavy atom. The average Bonchev–Trinajstić information content (AvgIpc) is 2.68. The molecule has 6 heteroatoms. The zero-order chi connectivity index (χ0) is 19.1. The van der Waals surface area contributed by atoms with Gasteiger partial charge in [-0.2, -0.15) is 0 Å². The van der Waals surface area contributed by atoms with Crippen molar-refractivity contribution in [2.45, 2.75) is 13.0 Å². The van der Waals surface area contributed by atoms with Gasteiger partial charge >= 0.3 is 0 Å². The van der Waals surface area contributed by atoms with E-state index in [2.05, 4.69) is 39.4 Å². The standard InChI is InChI=1S/C21H27N3O3/c1-17(25)22-18-7-9-21(10-8-18)27-16-20(26)15-23-11-13-24(14-12-23)19-5-3-2-4-6-19/h2-10,20,26H,11-16H2,1H3,(H,22,25)/t20-/m0/s1. The lowest BCUT2D eigenvalue weighted by molar-refractivity contribution is -0.114. The summed E-state index contributed by atoms with van der Waals surface area (Å²) in [5, 5.41) is 13.0. The van der Waals surface area contributed by atoms with Crippen molar-refractivity contribution in [3.8, 4) is 5.75 Å². The second kappa shape index (κ2) is 9.39. The molecule has 1 aliphatic heterocycles. The van der Waals surface area contributed by atoms with Crippen molar-refractivity contribution < 1.29 is 14.6 Å². The molecule has 144 valence electrons. The highest BCUT2D eigenvalue weighted by Gasteiger charge is 2.19. The first-order chi connectivity index (χ1) is 13.1. The number of hydrogen-bond donors (Lipinski definition) is 2. The predicted molar refractivity (Wildman–Crippen MR) is 107 cm³/mol. The summed E-state index contributed by atoms with van der Waals surface area (Å²) in [6.07, 6.45) is -0.539. The maximum atomic E-state index is 11.0. The summed E-state index contributed by atoms with van der Waals surface area (Å²) in [7, 11) is 0. The highest BCUT2D eigenvalue weighted by Crippen LogP contribution is 2.17. The quantitative estimate of drug-likeness (QED) is 0.783. The van der Waals surface area contributed by atoms with E-state index in [1.165, 1.54) is 12.6 Å². The molecule has 2 aromatic carbocycles. The number of hydrogen-bond acceptors (Lipinski definition) is 5. The van der Waals surface area contributed by atoms with E-state index in [-0.39, 0.29) is 12.5 Å². The van der Waals surface area contributed by atoms with Crippen LogP contribution in [-0.2, 0) is 4.79 Å². The molecule has 0 spiro atoms. The fourth-order valence-corrected chi connectivity index (χ4v) is 3.21. The molecule has 1 fully saturated rings. The summed E-state index contributed by atoms with van der Waals surface area (Å²) in [6, 6.07) is 17.6. The molecule has 0 radical (unpaired) electrons. The number of aliphatic hydroxyl groups excluding tert-OH is 1. The lowest BCUT2D eigenvalue weighted by Gasteiger charge is -2.36. The van der Waals surface area contributed by atoms with Gasteiger partial charge < -0.3 is 20.1 Å². The van der Waals surface area contributed by atoms with Gasteiger partial charge in [-0.25, -0.2) is 0 Å². The van der Waals surface area contributed by atoms with Crippen LogP contribution in [0.2, 0.25) is 0 Å². The fourth-order valence-electron chi connectivity index (χ4n) is 3.21. The van der Waals surface area contributed by atoms with Gasteiger partial charge in [0.15, 0.2) is 0 Å². The van der Waals surface area contributed by atoms with Crippen LogP contribution in [-0.4, -0.2) is 61.3 Å². The Bertz CT molecular complexity index is 713. The molecule has 0 aromatic heterocycles. The van der Waals surface area contributed by atoms with Crippen molar-refractivity contribution in [2.24, 2.45) is 0 Å². The Labute approximate surface area is 160 Å². The van der Waals surface area contributed by atoms with E-state index < -0.39 is 6.10 Å². The lowest BCUT2D eigenvalue weighted by atomic mass is 10.2. The molecule has 1 saturated heterocycles. The molecule has 3 rings (SSSR count). The smallest absolute Gasteiger partial charge is 0.221 e. The molecule has 1 aliphatic rings. The van der Waals surface area contributed by atoms with E-state index in [4.69, 9.17) is 4.74 Å². The molecule has 0 bridgehead atoms. The molecule has 2 aromatic rings. The number of carbonyl (C=O) groups excluding carboxylic acids is 1. The Hall–Kier alpha value is -2.57. The monoisotopic (exact) mass is 369 g/mol. The van der Waals surface area contributed by atoms with E-state index in [0.717, 1.165) is 31.9 Å². The van der Waals surface area contributed by atoms with Crippen LogP contribution in [0.1, 0.15) is 6.92 Å². The van der Waals surface area contributed by atoms with Crippen molar-refractivity contribution in [2.75, 3.05) is 49.5 Å². The molecular weight excluding hydrogens is 342 g/mol. The lowest BCUT2D eigenvalue weighted by Crippen LogP contribution is -2.49. The molecule has 1 amide bonds. The second-order valence-electron chi connectivity index (χ2n) is 6.79. The van der Waals surface area contributed by atoms with Gasteiger partial charge in [0.25, 0.3) is 0 Å². The van der Waals surface area contributed by atoms with Gasteiger partial charge in [0.2, 0.25) is 5.91 Å². The minimum Gasteiger partial charge on any atom is -0.491 e. The van der Waals surface area contributed by atoms with Crippen LogP contribution in [0, 0.1) is 0 Å². The third-order valence-electron chi connectivity index (χ3n) is 4.58. The first-order valence-electron chi connectivity index (χ1n) is 9.31. The molecular formula is C21H27N3O3.